The Kier molecular flexibility index (Phi) is 5.50. The molecule has 3 heterocycles. The van der Waals surface area contributed by atoms with Gasteiger partial charge in [0.25, 0.3) is 10.0 Å². The summed E-state index contributed by atoms with van der Waals surface area (Å²) in [5.74, 6) is 1.06. The van der Waals surface area contributed by atoms with Crippen molar-refractivity contribution in [1.29, 1.82) is 0 Å². The molecule has 4 rings (SSSR count). The first-order valence-electron chi connectivity index (χ1n) is 9.37. The molecule has 2 aromatic heterocycles. The van der Waals surface area contributed by atoms with Gasteiger partial charge in [-0.1, -0.05) is 0 Å². The smallest absolute Gasteiger partial charge is 0.261 e. The molecule has 0 amide bonds. The van der Waals surface area contributed by atoms with Crippen molar-refractivity contribution in [2.24, 2.45) is 0 Å². The summed E-state index contributed by atoms with van der Waals surface area (Å²) < 4.78 is 39.0. The van der Waals surface area contributed by atoms with E-state index in [-0.39, 0.29) is 4.90 Å². The number of hydrogen-bond donors (Lipinski definition) is 2. The summed E-state index contributed by atoms with van der Waals surface area (Å²) in [5, 5.41) is 3.36. The SMILES string of the molecule is Cc1nc(OC[C@H]2CCCN2)ccc1NS(=O)(=O)c1ccc(-c2cnco2)cc1. The molecule has 29 heavy (non-hydrogen) atoms. The molecule has 1 fully saturated rings. The van der Waals surface area contributed by atoms with Gasteiger partial charge in [0, 0.05) is 17.7 Å². The van der Waals surface area contributed by atoms with Gasteiger partial charge in [-0.2, -0.15) is 0 Å². The van der Waals surface area contributed by atoms with Gasteiger partial charge in [-0.15, -0.1) is 0 Å². The van der Waals surface area contributed by atoms with Crippen LogP contribution in [0.3, 0.4) is 0 Å². The quantitative estimate of drug-likeness (QED) is 0.612. The third-order valence-electron chi connectivity index (χ3n) is 4.78. The summed E-state index contributed by atoms with van der Waals surface area (Å²) in [6, 6.07) is 10.1. The minimum atomic E-state index is -3.75. The summed E-state index contributed by atoms with van der Waals surface area (Å²) in [5.41, 5.74) is 1.71. The molecule has 1 atom stereocenters. The molecule has 2 N–H and O–H groups in total. The molecule has 0 unspecified atom stereocenters. The minimum Gasteiger partial charge on any atom is -0.476 e. The van der Waals surface area contributed by atoms with Gasteiger partial charge < -0.3 is 14.5 Å². The van der Waals surface area contributed by atoms with E-state index in [1.807, 2.05) is 0 Å². The molecule has 3 aromatic rings. The molecular formula is C20H22N4O4S. The van der Waals surface area contributed by atoms with E-state index < -0.39 is 10.0 Å². The number of benzene rings is 1. The van der Waals surface area contributed by atoms with Crippen molar-refractivity contribution in [3.8, 4) is 17.2 Å². The van der Waals surface area contributed by atoms with Crippen LogP contribution in [0.15, 0.2) is 58.3 Å². The van der Waals surface area contributed by atoms with Crippen molar-refractivity contribution in [3.63, 3.8) is 0 Å². The lowest BCUT2D eigenvalue weighted by Crippen LogP contribution is -2.28. The predicted molar refractivity (Wildman–Crippen MR) is 108 cm³/mol. The first kappa shape index (κ1) is 19.4. The monoisotopic (exact) mass is 414 g/mol. The van der Waals surface area contributed by atoms with E-state index in [9.17, 15) is 8.42 Å². The van der Waals surface area contributed by atoms with E-state index in [1.165, 1.54) is 18.5 Å². The molecule has 1 aliphatic rings. The molecular weight excluding hydrogens is 392 g/mol. The maximum atomic E-state index is 12.7. The Morgan fingerprint density at radius 3 is 2.72 bits per heavy atom. The van der Waals surface area contributed by atoms with E-state index in [0.717, 1.165) is 24.9 Å². The normalized spacial score (nSPS) is 16.7. The third kappa shape index (κ3) is 4.57. The Morgan fingerprint density at radius 1 is 1.24 bits per heavy atom. The lowest BCUT2D eigenvalue weighted by molar-refractivity contribution is 0.267. The second kappa shape index (κ2) is 8.22. The molecule has 9 heteroatoms. The van der Waals surface area contributed by atoms with Gasteiger partial charge in [0.2, 0.25) is 5.88 Å². The van der Waals surface area contributed by atoms with E-state index in [0.29, 0.717) is 35.7 Å². The summed E-state index contributed by atoms with van der Waals surface area (Å²) in [6.07, 6.45) is 5.14. The zero-order chi connectivity index (χ0) is 20.3. The minimum absolute atomic E-state index is 0.146. The molecule has 1 aromatic carbocycles. The van der Waals surface area contributed by atoms with Gasteiger partial charge in [-0.3, -0.25) is 4.72 Å². The third-order valence-corrected chi connectivity index (χ3v) is 6.16. The van der Waals surface area contributed by atoms with Gasteiger partial charge in [-0.25, -0.2) is 18.4 Å². The Balaban J connectivity index is 1.44. The van der Waals surface area contributed by atoms with Crippen LogP contribution in [-0.2, 0) is 10.0 Å². The summed E-state index contributed by atoms with van der Waals surface area (Å²) in [6.45, 7) is 3.31. The molecule has 152 valence electrons. The van der Waals surface area contributed by atoms with Crippen LogP contribution >= 0.6 is 0 Å². The first-order valence-corrected chi connectivity index (χ1v) is 10.9. The fourth-order valence-corrected chi connectivity index (χ4v) is 4.29. The number of aryl methyl sites for hydroxylation is 1. The van der Waals surface area contributed by atoms with Crippen LogP contribution in [0.2, 0.25) is 0 Å². The highest BCUT2D eigenvalue weighted by molar-refractivity contribution is 7.92. The lowest BCUT2D eigenvalue weighted by Gasteiger charge is -2.14. The number of ether oxygens (including phenoxy) is 1. The number of aromatic nitrogens is 2. The van der Waals surface area contributed by atoms with Crippen LogP contribution < -0.4 is 14.8 Å². The van der Waals surface area contributed by atoms with E-state index >= 15 is 0 Å². The van der Waals surface area contributed by atoms with Crippen molar-refractivity contribution >= 4 is 15.7 Å². The van der Waals surface area contributed by atoms with Crippen molar-refractivity contribution in [1.82, 2.24) is 15.3 Å². The van der Waals surface area contributed by atoms with Crippen molar-refractivity contribution in [2.75, 3.05) is 17.9 Å². The van der Waals surface area contributed by atoms with Crippen LogP contribution in [0, 0.1) is 6.92 Å². The second-order valence-electron chi connectivity index (χ2n) is 6.88. The van der Waals surface area contributed by atoms with E-state index in [4.69, 9.17) is 9.15 Å². The largest absolute Gasteiger partial charge is 0.476 e. The van der Waals surface area contributed by atoms with E-state index in [1.54, 1.807) is 37.4 Å². The van der Waals surface area contributed by atoms with Gasteiger partial charge in [0.15, 0.2) is 12.2 Å². The highest BCUT2D eigenvalue weighted by atomic mass is 32.2. The van der Waals surface area contributed by atoms with Gasteiger partial charge >= 0.3 is 0 Å². The number of pyridine rings is 1. The molecule has 0 aliphatic carbocycles. The molecule has 1 saturated heterocycles. The van der Waals surface area contributed by atoms with Gasteiger partial charge in [0.05, 0.1) is 22.5 Å². The van der Waals surface area contributed by atoms with Crippen LogP contribution in [-0.4, -0.2) is 37.6 Å². The molecule has 8 nitrogen and oxygen atoms in total. The van der Waals surface area contributed by atoms with E-state index in [2.05, 4.69) is 20.0 Å². The summed E-state index contributed by atoms with van der Waals surface area (Å²) in [7, 11) is -3.75. The molecule has 1 aliphatic heterocycles. The number of nitrogens with one attached hydrogen (secondary N) is 2. The lowest BCUT2D eigenvalue weighted by atomic mass is 10.2. The predicted octanol–water partition coefficient (Wildman–Crippen LogP) is 2.98. The fourth-order valence-electron chi connectivity index (χ4n) is 3.17. The standard InChI is InChI=1S/C20H22N4O4S/c1-14-18(8-9-20(23-14)27-12-16-3-2-10-22-16)24-29(25,26)17-6-4-15(5-7-17)19-11-21-13-28-19/h4-9,11,13,16,22,24H,2-3,10,12H2,1H3/t16-/m1/s1. The average Bonchev–Trinajstić information content (AvgIpc) is 3.42. The van der Waals surface area contributed by atoms with Crippen molar-refractivity contribution in [2.45, 2.75) is 30.7 Å². The van der Waals surface area contributed by atoms with Crippen LogP contribution in [0.1, 0.15) is 18.5 Å². The van der Waals surface area contributed by atoms with Crippen molar-refractivity contribution < 1.29 is 17.6 Å². The van der Waals surface area contributed by atoms with Crippen molar-refractivity contribution in [3.05, 3.63) is 54.7 Å². The molecule has 0 saturated carbocycles. The van der Waals surface area contributed by atoms with Gasteiger partial charge in [0.1, 0.15) is 6.61 Å². The molecule has 0 spiro atoms. The highest BCUT2D eigenvalue weighted by Gasteiger charge is 2.18. The molecule has 0 bridgehead atoms. The van der Waals surface area contributed by atoms with Gasteiger partial charge in [-0.05, 0) is 56.6 Å². The van der Waals surface area contributed by atoms with Crippen LogP contribution in [0.25, 0.3) is 11.3 Å². The zero-order valence-electron chi connectivity index (χ0n) is 16.0. The molecule has 0 radical (unpaired) electrons. The number of hydrogen-bond acceptors (Lipinski definition) is 7. The Morgan fingerprint density at radius 2 is 2.07 bits per heavy atom. The summed E-state index contributed by atoms with van der Waals surface area (Å²) >= 11 is 0. The fraction of sp³-hybridized carbons (Fsp3) is 0.300. The maximum Gasteiger partial charge on any atom is 0.261 e. The Labute approximate surface area is 169 Å². The number of sulfonamides is 1. The number of rotatable bonds is 7. The Bertz CT molecular complexity index is 1060. The number of anilines is 1. The Hall–Kier alpha value is -2.91. The maximum absolute atomic E-state index is 12.7. The second-order valence-corrected chi connectivity index (χ2v) is 8.56. The summed E-state index contributed by atoms with van der Waals surface area (Å²) in [4.78, 5) is 8.37. The topological polar surface area (TPSA) is 106 Å². The number of nitrogens with zero attached hydrogens (tertiary/aromatic N) is 2. The first-order chi connectivity index (χ1) is 14.0. The van der Waals surface area contributed by atoms with Crippen LogP contribution in [0.4, 0.5) is 5.69 Å². The average molecular weight is 414 g/mol. The zero-order valence-corrected chi connectivity index (χ0v) is 16.8. The highest BCUT2D eigenvalue weighted by Crippen LogP contribution is 2.24. The van der Waals surface area contributed by atoms with Crippen LogP contribution in [0.5, 0.6) is 5.88 Å². The number of oxazole rings is 1.